The predicted octanol–water partition coefficient (Wildman–Crippen LogP) is 2.16. The molecule has 3 aromatic carbocycles. The van der Waals surface area contributed by atoms with Gasteiger partial charge >= 0.3 is 18.0 Å². The molecule has 0 radical (unpaired) electrons. The van der Waals surface area contributed by atoms with Crippen LogP contribution in [0, 0.1) is 5.41 Å². The summed E-state index contributed by atoms with van der Waals surface area (Å²) in [5, 5.41) is 30.5. The van der Waals surface area contributed by atoms with Gasteiger partial charge in [-0.2, -0.15) is 5.06 Å². The maximum Gasteiger partial charge on any atom is 0.360 e. The fourth-order valence-electron chi connectivity index (χ4n) is 4.03. The number of hydrogen-bond donors (Lipinski definition) is 6. The van der Waals surface area contributed by atoms with Gasteiger partial charge in [0.1, 0.15) is 18.5 Å². The van der Waals surface area contributed by atoms with Crippen LogP contribution in [0.15, 0.2) is 84.9 Å². The summed E-state index contributed by atoms with van der Waals surface area (Å²) < 4.78 is 0. The van der Waals surface area contributed by atoms with E-state index < -0.39 is 48.3 Å². The van der Waals surface area contributed by atoms with Crippen LogP contribution in [0.1, 0.15) is 41.6 Å². The van der Waals surface area contributed by atoms with E-state index in [4.69, 9.17) is 16.0 Å². The van der Waals surface area contributed by atoms with E-state index >= 15 is 0 Å². The van der Waals surface area contributed by atoms with Crippen molar-refractivity contribution >= 4 is 35.6 Å². The van der Waals surface area contributed by atoms with E-state index in [1.165, 1.54) is 12.1 Å². The van der Waals surface area contributed by atoms with E-state index in [0.717, 1.165) is 12.0 Å². The first-order chi connectivity index (χ1) is 21.0. The zero-order valence-corrected chi connectivity index (χ0v) is 23.7. The van der Waals surface area contributed by atoms with Crippen LogP contribution in [-0.4, -0.2) is 61.9 Å². The number of urea groups is 1. The molecular formula is C30H32N6O8. The van der Waals surface area contributed by atoms with Gasteiger partial charge in [-0.25, -0.2) is 20.0 Å². The molecule has 0 unspecified atom stereocenters. The number of nitrogens with two attached hydrogens (primary N) is 1. The molecule has 4 amide bonds. The van der Waals surface area contributed by atoms with Crippen molar-refractivity contribution in [1.82, 2.24) is 20.8 Å². The Bertz CT molecular complexity index is 1480. The number of nitrogens with zero attached hydrogens (tertiary/aromatic N) is 2. The number of hydrazine groups is 1. The predicted molar refractivity (Wildman–Crippen MR) is 156 cm³/mol. The molecule has 0 bridgehead atoms. The molecule has 14 nitrogen and oxygen atoms in total. The van der Waals surface area contributed by atoms with Gasteiger partial charge in [0.05, 0.1) is 13.0 Å². The minimum atomic E-state index is -1.83. The summed E-state index contributed by atoms with van der Waals surface area (Å²) in [4.78, 5) is 68.9. The van der Waals surface area contributed by atoms with Gasteiger partial charge < -0.3 is 21.3 Å². The Labute approximate surface area is 252 Å². The highest BCUT2D eigenvalue weighted by atomic mass is 16.7. The number of hydrogen-bond acceptors (Lipinski definition) is 7. The molecule has 0 heterocycles. The lowest BCUT2D eigenvalue weighted by Crippen LogP contribution is -2.60. The van der Waals surface area contributed by atoms with Crippen molar-refractivity contribution in [1.29, 1.82) is 5.41 Å². The van der Waals surface area contributed by atoms with Crippen molar-refractivity contribution in [3.63, 3.8) is 0 Å². The van der Waals surface area contributed by atoms with Crippen LogP contribution in [0.25, 0.3) is 0 Å². The Morgan fingerprint density at radius 3 is 2.00 bits per heavy atom. The van der Waals surface area contributed by atoms with E-state index in [-0.39, 0.29) is 24.6 Å². The van der Waals surface area contributed by atoms with Crippen molar-refractivity contribution in [3.8, 4) is 0 Å². The maximum atomic E-state index is 13.5. The third kappa shape index (κ3) is 9.39. The quantitative estimate of drug-likeness (QED) is 0.0956. The fourth-order valence-corrected chi connectivity index (χ4v) is 4.03. The number of benzene rings is 3. The van der Waals surface area contributed by atoms with Gasteiger partial charge in [0.15, 0.2) is 6.04 Å². The number of rotatable bonds is 13. The Balaban J connectivity index is 1.87. The number of hydroxylamine groups is 2. The van der Waals surface area contributed by atoms with Crippen molar-refractivity contribution < 1.29 is 39.0 Å². The standard InChI is InChI=1S/C30H32N6O8/c1-19(37)36(24(16-25(38)39)28(40)33-26(29(41)42)22-10-6-3-7-11-22)34-30(43)35(44-18-21-8-4-2-5-9-21)17-20-12-14-23(15-13-20)27(31)32/h2-15,24,26H,16-18H2,1H3,(H3,31,32)(H,33,40)(H,34,43)(H,38,39)(H,41,42)/t24-,26-/m0/s1. The van der Waals surface area contributed by atoms with Gasteiger partial charge in [-0.15, -0.1) is 0 Å². The highest BCUT2D eigenvalue weighted by Crippen LogP contribution is 2.16. The summed E-state index contributed by atoms with van der Waals surface area (Å²) in [5.74, 6) is -5.09. The van der Waals surface area contributed by atoms with E-state index in [1.807, 2.05) is 0 Å². The van der Waals surface area contributed by atoms with E-state index in [1.54, 1.807) is 72.8 Å². The van der Waals surface area contributed by atoms with Gasteiger partial charge in [-0.1, -0.05) is 84.9 Å². The van der Waals surface area contributed by atoms with Crippen LogP contribution < -0.4 is 16.5 Å². The molecule has 0 saturated carbocycles. The van der Waals surface area contributed by atoms with Gasteiger partial charge in [0.2, 0.25) is 11.8 Å². The summed E-state index contributed by atoms with van der Waals surface area (Å²) in [7, 11) is 0. The monoisotopic (exact) mass is 604 g/mol. The fraction of sp³-hybridized carbons (Fsp3) is 0.200. The SMILES string of the molecule is CC(=O)N(NC(=O)N(Cc1ccc(C(=N)N)cc1)OCc1ccccc1)[C@@H](CC(=O)O)C(=O)N[C@H](C(=O)O)c1ccccc1. The molecule has 0 spiro atoms. The first kappa shape index (κ1) is 32.8. The maximum absolute atomic E-state index is 13.5. The first-order valence-corrected chi connectivity index (χ1v) is 13.2. The lowest BCUT2D eigenvalue weighted by molar-refractivity contribution is -0.154. The number of amides is 4. The number of carbonyl (C=O) groups excluding carboxylic acids is 3. The lowest BCUT2D eigenvalue weighted by Gasteiger charge is -2.32. The molecular weight excluding hydrogens is 572 g/mol. The minimum Gasteiger partial charge on any atom is -0.481 e. The average Bonchev–Trinajstić information content (AvgIpc) is 3.00. The molecule has 44 heavy (non-hydrogen) atoms. The van der Waals surface area contributed by atoms with Crippen molar-refractivity contribution in [2.24, 2.45) is 5.73 Å². The van der Waals surface area contributed by atoms with Gasteiger partial charge in [0, 0.05) is 12.5 Å². The van der Waals surface area contributed by atoms with Crippen molar-refractivity contribution in [3.05, 3.63) is 107 Å². The van der Waals surface area contributed by atoms with Crippen molar-refractivity contribution in [2.45, 2.75) is 38.6 Å². The van der Waals surface area contributed by atoms with Crippen LogP contribution in [0.3, 0.4) is 0 Å². The Morgan fingerprint density at radius 1 is 0.886 bits per heavy atom. The first-order valence-electron chi connectivity index (χ1n) is 13.2. The van der Waals surface area contributed by atoms with Crippen LogP contribution in [0.4, 0.5) is 4.79 Å². The third-order valence-electron chi connectivity index (χ3n) is 6.25. The normalized spacial score (nSPS) is 11.8. The van der Waals surface area contributed by atoms with Crippen LogP contribution in [0.2, 0.25) is 0 Å². The van der Waals surface area contributed by atoms with E-state index in [0.29, 0.717) is 21.7 Å². The Kier molecular flexibility index (Phi) is 11.5. The lowest BCUT2D eigenvalue weighted by atomic mass is 10.1. The molecule has 0 aliphatic rings. The number of nitrogen functional groups attached to an aromatic ring is 1. The van der Waals surface area contributed by atoms with Gasteiger partial charge in [-0.3, -0.25) is 24.6 Å². The average molecular weight is 605 g/mol. The molecule has 3 rings (SSSR count). The van der Waals surface area contributed by atoms with E-state index in [9.17, 15) is 34.2 Å². The molecule has 0 fully saturated rings. The van der Waals surface area contributed by atoms with Gasteiger partial charge in [0.25, 0.3) is 0 Å². The zero-order chi connectivity index (χ0) is 32.2. The molecule has 0 aliphatic heterocycles. The molecule has 3 aromatic rings. The third-order valence-corrected chi connectivity index (χ3v) is 6.25. The van der Waals surface area contributed by atoms with Gasteiger partial charge in [-0.05, 0) is 16.7 Å². The Morgan fingerprint density at radius 2 is 1.48 bits per heavy atom. The molecule has 2 atom stereocenters. The number of carboxylic acid groups (broad SMARTS) is 2. The number of carbonyl (C=O) groups is 5. The summed E-state index contributed by atoms with van der Waals surface area (Å²) in [6.07, 6.45) is -0.954. The number of aliphatic carboxylic acids is 2. The van der Waals surface area contributed by atoms with Crippen LogP contribution in [0.5, 0.6) is 0 Å². The zero-order valence-electron chi connectivity index (χ0n) is 23.7. The summed E-state index contributed by atoms with van der Waals surface area (Å²) in [6, 6.07) is 18.5. The molecule has 0 aliphatic carbocycles. The molecule has 0 aromatic heterocycles. The van der Waals surface area contributed by atoms with Crippen LogP contribution >= 0.6 is 0 Å². The topological polar surface area (TPSA) is 215 Å². The smallest absolute Gasteiger partial charge is 0.360 e. The summed E-state index contributed by atoms with van der Waals surface area (Å²) in [6.45, 7) is 0.785. The second kappa shape index (κ2) is 15.5. The molecule has 7 N–H and O–H groups in total. The largest absolute Gasteiger partial charge is 0.481 e. The van der Waals surface area contributed by atoms with E-state index in [2.05, 4.69) is 10.7 Å². The van der Waals surface area contributed by atoms with Crippen LogP contribution in [-0.2, 0) is 37.2 Å². The summed E-state index contributed by atoms with van der Waals surface area (Å²) >= 11 is 0. The second-order valence-corrected chi connectivity index (χ2v) is 9.52. The number of amidine groups is 1. The Hall–Kier alpha value is -5.76. The molecule has 14 heteroatoms. The highest BCUT2D eigenvalue weighted by molar-refractivity contribution is 5.95. The highest BCUT2D eigenvalue weighted by Gasteiger charge is 2.35. The molecule has 0 saturated heterocycles. The minimum absolute atomic E-state index is 0.0593. The number of nitrogens with one attached hydrogen (secondary N) is 3. The molecule has 230 valence electrons. The second-order valence-electron chi connectivity index (χ2n) is 9.52. The summed E-state index contributed by atoms with van der Waals surface area (Å²) in [5.41, 5.74) is 9.69. The number of carboxylic acids is 2. The van der Waals surface area contributed by atoms with Crippen molar-refractivity contribution in [2.75, 3.05) is 0 Å².